The highest BCUT2D eigenvalue weighted by Crippen LogP contribution is 2.25. The van der Waals surface area contributed by atoms with Crippen LogP contribution in [0.15, 0.2) is 11.9 Å². The molecule has 1 heterocycles. The first-order chi connectivity index (χ1) is 8.34. The standard InChI is InChI=1S/C15H28NP/c1-2-3-4-5-6-7-8-9-10-11-14-12-13-17-15(14)16/h12-13,17H,2-11,16H2,1H3. The Balaban J connectivity index is 1.86. The summed E-state index contributed by atoms with van der Waals surface area (Å²) in [5, 5.41) is 0. The van der Waals surface area contributed by atoms with E-state index in [2.05, 4.69) is 18.8 Å². The van der Waals surface area contributed by atoms with Crippen molar-refractivity contribution in [1.29, 1.82) is 0 Å². The number of hydrogen-bond donors (Lipinski definition) is 1. The predicted molar refractivity (Wildman–Crippen MR) is 81.3 cm³/mol. The highest BCUT2D eigenvalue weighted by atomic mass is 31.0. The molecule has 0 spiro atoms. The maximum atomic E-state index is 5.92. The molecule has 2 heteroatoms. The molecule has 1 aromatic heterocycles. The van der Waals surface area contributed by atoms with Crippen molar-refractivity contribution in [2.45, 2.75) is 71.1 Å². The zero-order valence-corrected chi connectivity index (χ0v) is 12.3. The SMILES string of the molecule is CCCCCCCCCCCc1cc[pH]c1N. The molecule has 0 radical (unpaired) electrons. The summed E-state index contributed by atoms with van der Waals surface area (Å²) >= 11 is 0. The number of unbranched alkanes of at least 4 members (excludes halogenated alkanes) is 8. The third-order valence-corrected chi connectivity index (χ3v) is 4.38. The second kappa shape index (κ2) is 9.59. The zero-order chi connectivity index (χ0) is 12.3. The predicted octanol–water partition coefficient (Wildman–Crippen LogP) is 5.37. The van der Waals surface area contributed by atoms with E-state index in [4.69, 9.17) is 5.73 Å². The summed E-state index contributed by atoms with van der Waals surface area (Å²) in [5.41, 5.74) is 8.46. The van der Waals surface area contributed by atoms with Crippen molar-refractivity contribution in [2.24, 2.45) is 0 Å². The number of anilines is 1. The number of rotatable bonds is 10. The van der Waals surface area contributed by atoms with Crippen molar-refractivity contribution >= 4 is 13.6 Å². The van der Waals surface area contributed by atoms with Crippen LogP contribution in [0.3, 0.4) is 0 Å². The molecular weight excluding hydrogens is 225 g/mol. The fourth-order valence-corrected chi connectivity index (χ4v) is 3.12. The molecule has 1 rings (SSSR count). The smallest absolute Gasteiger partial charge is 0.0510 e. The molecule has 0 amide bonds. The van der Waals surface area contributed by atoms with Gasteiger partial charge in [0.2, 0.25) is 0 Å². The van der Waals surface area contributed by atoms with Crippen molar-refractivity contribution in [2.75, 3.05) is 5.73 Å². The van der Waals surface area contributed by atoms with Gasteiger partial charge in [-0.05, 0) is 24.2 Å². The molecule has 0 saturated heterocycles. The third kappa shape index (κ3) is 6.78. The fraction of sp³-hybridized carbons (Fsp3) is 0.733. The number of aryl methyl sites for hydroxylation is 1. The van der Waals surface area contributed by atoms with Gasteiger partial charge in [0.15, 0.2) is 0 Å². The molecule has 1 unspecified atom stereocenters. The monoisotopic (exact) mass is 253 g/mol. The number of nitrogens with two attached hydrogens (primary N) is 1. The van der Waals surface area contributed by atoms with Gasteiger partial charge in [0.05, 0.1) is 5.42 Å². The van der Waals surface area contributed by atoms with Crippen molar-refractivity contribution in [3.63, 3.8) is 0 Å². The van der Waals surface area contributed by atoms with Crippen LogP contribution in [0.25, 0.3) is 0 Å². The van der Waals surface area contributed by atoms with Gasteiger partial charge in [0, 0.05) is 0 Å². The molecule has 0 fully saturated rings. The highest BCUT2D eigenvalue weighted by Gasteiger charge is 1.98. The van der Waals surface area contributed by atoms with Crippen LogP contribution in [0.5, 0.6) is 0 Å². The van der Waals surface area contributed by atoms with Gasteiger partial charge >= 0.3 is 0 Å². The van der Waals surface area contributed by atoms with Crippen LogP contribution in [0.1, 0.15) is 70.3 Å². The van der Waals surface area contributed by atoms with Gasteiger partial charge in [-0.25, -0.2) is 0 Å². The van der Waals surface area contributed by atoms with Crippen molar-refractivity contribution in [3.8, 4) is 0 Å². The topological polar surface area (TPSA) is 26.0 Å². The highest BCUT2D eigenvalue weighted by molar-refractivity contribution is 7.33. The second-order valence-corrected chi connectivity index (χ2v) is 6.16. The average molecular weight is 253 g/mol. The maximum Gasteiger partial charge on any atom is 0.0510 e. The average Bonchev–Trinajstić information content (AvgIpc) is 2.73. The van der Waals surface area contributed by atoms with E-state index in [1.165, 1.54) is 69.8 Å². The Morgan fingerprint density at radius 2 is 1.53 bits per heavy atom. The summed E-state index contributed by atoms with van der Waals surface area (Å²) in [6.07, 6.45) is 13.8. The van der Waals surface area contributed by atoms with Crippen LogP contribution in [0.2, 0.25) is 0 Å². The van der Waals surface area contributed by atoms with E-state index < -0.39 is 0 Å². The number of nitrogen functional groups attached to an aromatic ring is 1. The Hall–Kier alpha value is -0.420. The van der Waals surface area contributed by atoms with E-state index in [1.54, 1.807) is 0 Å². The van der Waals surface area contributed by atoms with E-state index in [0.29, 0.717) is 0 Å². The normalized spacial score (nSPS) is 11.4. The Bertz CT molecular complexity index is 280. The lowest BCUT2D eigenvalue weighted by atomic mass is 10.0. The van der Waals surface area contributed by atoms with E-state index in [-0.39, 0.29) is 0 Å². The van der Waals surface area contributed by atoms with Gasteiger partial charge in [-0.3, -0.25) is 0 Å². The quantitative estimate of drug-likeness (QED) is 0.557. The van der Waals surface area contributed by atoms with Crippen LogP contribution in [-0.4, -0.2) is 0 Å². The van der Waals surface area contributed by atoms with Gasteiger partial charge in [-0.1, -0.05) is 64.4 Å². The van der Waals surface area contributed by atoms with Gasteiger partial charge in [-0.15, -0.1) is 8.19 Å². The van der Waals surface area contributed by atoms with Gasteiger partial charge < -0.3 is 5.73 Å². The third-order valence-electron chi connectivity index (χ3n) is 3.42. The Morgan fingerprint density at radius 1 is 0.941 bits per heavy atom. The molecule has 2 N–H and O–H groups in total. The fourth-order valence-electron chi connectivity index (χ4n) is 2.26. The molecule has 0 saturated carbocycles. The molecule has 17 heavy (non-hydrogen) atoms. The Kier molecular flexibility index (Phi) is 8.26. The van der Waals surface area contributed by atoms with Crippen LogP contribution < -0.4 is 5.73 Å². The lowest BCUT2D eigenvalue weighted by Crippen LogP contribution is -1.89. The van der Waals surface area contributed by atoms with Crippen LogP contribution in [0.4, 0.5) is 5.42 Å². The summed E-state index contributed by atoms with van der Waals surface area (Å²) in [5.74, 6) is 2.21. The molecule has 0 aliphatic carbocycles. The van der Waals surface area contributed by atoms with E-state index in [0.717, 1.165) is 13.6 Å². The largest absolute Gasteiger partial charge is 0.396 e. The zero-order valence-electron chi connectivity index (χ0n) is 11.3. The molecule has 98 valence electrons. The number of hydrogen-bond acceptors (Lipinski definition) is 1. The summed E-state index contributed by atoms with van der Waals surface area (Å²) in [4.78, 5) is 0. The van der Waals surface area contributed by atoms with Crippen LogP contribution in [0, 0.1) is 0 Å². The summed E-state index contributed by atoms with van der Waals surface area (Å²) in [6, 6.07) is 2.22. The molecule has 0 aromatic carbocycles. The lowest BCUT2D eigenvalue weighted by Gasteiger charge is -2.02. The second-order valence-electron chi connectivity index (χ2n) is 5.00. The van der Waals surface area contributed by atoms with Crippen molar-refractivity contribution in [3.05, 3.63) is 17.4 Å². The minimum absolute atomic E-state index is 0.751. The first-order valence-corrected chi connectivity index (χ1v) is 8.34. The molecule has 0 aliphatic heterocycles. The molecule has 1 nitrogen and oxygen atoms in total. The van der Waals surface area contributed by atoms with E-state index in [1.807, 2.05) is 0 Å². The van der Waals surface area contributed by atoms with Crippen LogP contribution >= 0.6 is 8.19 Å². The van der Waals surface area contributed by atoms with Crippen LogP contribution in [-0.2, 0) is 6.42 Å². The van der Waals surface area contributed by atoms with Gasteiger partial charge in [0.1, 0.15) is 0 Å². The van der Waals surface area contributed by atoms with Gasteiger partial charge in [0.25, 0.3) is 0 Å². The molecule has 0 aliphatic rings. The molecule has 1 aromatic rings. The minimum atomic E-state index is 0.751. The van der Waals surface area contributed by atoms with Crippen molar-refractivity contribution in [1.82, 2.24) is 0 Å². The Morgan fingerprint density at radius 3 is 2.06 bits per heavy atom. The molecular formula is C15H28NP. The summed E-state index contributed by atoms with van der Waals surface area (Å²) in [7, 11) is 0.751. The summed E-state index contributed by atoms with van der Waals surface area (Å²) in [6.45, 7) is 2.28. The first-order valence-electron chi connectivity index (χ1n) is 7.26. The lowest BCUT2D eigenvalue weighted by molar-refractivity contribution is 0.565. The molecule has 0 bridgehead atoms. The maximum absolute atomic E-state index is 5.92. The molecule has 1 atom stereocenters. The Labute approximate surface area is 108 Å². The van der Waals surface area contributed by atoms with Gasteiger partial charge in [-0.2, -0.15) is 0 Å². The first kappa shape index (κ1) is 14.6. The van der Waals surface area contributed by atoms with E-state index in [9.17, 15) is 0 Å². The van der Waals surface area contributed by atoms with Crippen molar-refractivity contribution < 1.29 is 0 Å². The van der Waals surface area contributed by atoms with E-state index >= 15 is 0 Å². The summed E-state index contributed by atoms with van der Waals surface area (Å²) < 4.78 is 0. The minimum Gasteiger partial charge on any atom is -0.396 e.